The van der Waals surface area contributed by atoms with Crippen molar-refractivity contribution in [3.8, 4) is 23.6 Å². The Labute approximate surface area is 557 Å². The number of esters is 4. The van der Waals surface area contributed by atoms with Crippen LogP contribution in [0.4, 0.5) is 8.78 Å². The molecule has 8 rings (SSSR count). The molecule has 500 valence electrons. The molecule has 6 aromatic carbocycles. The molecule has 0 heterocycles. The number of carbonyl (C=O) groups excluding carboxylic acids is 4. The van der Waals surface area contributed by atoms with Crippen molar-refractivity contribution < 1.29 is 69.4 Å². The van der Waals surface area contributed by atoms with Gasteiger partial charge in [-0.3, -0.25) is 9.59 Å². The lowest BCUT2D eigenvalue weighted by molar-refractivity contribution is -0.160. The van der Waals surface area contributed by atoms with Gasteiger partial charge >= 0.3 is 29.1 Å². The summed E-state index contributed by atoms with van der Waals surface area (Å²) < 4.78 is 89.2. The van der Waals surface area contributed by atoms with Crippen LogP contribution in [-0.4, -0.2) is 90.8 Å². The summed E-state index contributed by atoms with van der Waals surface area (Å²) in [6, 6.07) is 54.8. The fourth-order valence-electron chi connectivity index (χ4n) is 10.6. The molecule has 22 heteroatoms. The highest BCUT2D eigenvalue weighted by Crippen LogP contribution is 2.39. The monoisotopic (exact) mass is 1350 g/mol. The Hall–Kier alpha value is -8.15. The minimum absolute atomic E-state index is 0.0475. The lowest BCUT2D eigenvalue weighted by Crippen LogP contribution is -2.35. The molecular formula is C72H83F2N4O13S3+. The van der Waals surface area contributed by atoms with Gasteiger partial charge in [-0.2, -0.15) is 29.5 Å². The van der Waals surface area contributed by atoms with E-state index in [1.807, 2.05) is 47.6 Å². The molecule has 17 nitrogen and oxygen atoms in total. The van der Waals surface area contributed by atoms with E-state index in [0.717, 1.165) is 85.1 Å². The van der Waals surface area contributed by atoms with Gasteiger partial charge in [0, 0.05) is 37.1 Å². The Bertz CT molecular complexity index is 3450. The summed E-state index contributed by atoms with van der Waals surface area (Å²) in [7, 11) is -6.42. The molecule has 0 spiro atoms. The van der Waals surface area contributed by atoms with Gasteiger partial charge in [-0.15, -0.1) is 0 Å². The van der Waals surface area contributed by atoms with Gasteiger partial charge in [0.15, 0.2) is 70.4 Å². The van der Waals surface area contributed by atoms with Crippen LogP contribution in [0.1, 0.15) is 134 Å². The van der Waals surface area contributed by atoms with Gasteiger partial charge in [-0.25, -0.2) is 18.0 Å². The summed E-state index contributed by atoms with van der Waals surface area (Å²) in [6.07, 6.45) is 7.08. The van der Waals surface area contributed by atoms with Gasteiger partial charge in [0.2, 0.25) is 0 Å². The molecule has 0 saturated heterocycles. The second kappa shape index (κ2) is 34.3. The molecule has 2 atom stereocenters. The number of azo groups is 1. The largest absolute Gasteiger partial charge is 0.743 e. The van der Waals surface area contributed by atoms with Crippen molar-refractivity contribution in [2.45, 2.75) is 196 Å². The average molecular weight is 1350 g/mol. The molecule has 0 bridgehead atoms. The molecule has 2 saturated carbocycles. The normalized spacial score (nSPS) is 15.3. The second-order valence-electron chi connectivity index (χ2n) is 24.0. The number of ether oxygens (including phenoxy) is 6. The minimum Gasteiger partial charge on any atom is -0.743 e. The van der Waals surface area contributed by atoms with E-state index in [0.29, 0.717) is 0 Å². The van der Waals surface area contributed by atoms with Crippen LogP contribution in [0.5, 0.6) is 11.5 Å². The number of hydrogen-bond acceptors (Lipinski definition) is 17. The molecule has 2 aliphatic carbocycles. The van der Waals surface area contributed by atoms with Gasteiger partial charge in [0.1, 0.15) is 22.7 Å². The Morgan fingerprint density at radius 3 is 1.11 bits per heavy atom. The molecule has 0 aliphatic heterocycles. The van der Waals surface area contributed by atoms with E-state index in [1.165, 1.54) is 43.2 Å². The molecule has 0 N–H and O–H groups in total. The topological polar surface area (TPSA) is 253 Å². The summed E-state index contributed by atoms with van der Waals surface area (Å²) in [6.45, 7) is 14.6. The van der Waals surface area contributed by atoms with Crippen LogP contribution in [0.2, 0.25) is 0 Å². The van der Waals surface area contributed by atoms with Crippen molar-refractivity contribution in [3.05, 3.63) is 168 Å². The van der Waals surface area contributed by atoms with E-state index < -0.39 is 51.4 Å². The molecule has 2 fully saturated rings. The Morgan fingerprint density at radius 2 is 0.830 bits per heavy atom. The standard InChI is InChI=1S/2C28H31O3S.C16H22F2N4O7S/c2*1-21-18-25(32(23-12-6-4-7-13-23)24-14-8-5-9-15-24)19-22(2)27(21)30-20-26(29)31-28(3)16-10-11-17-28;1-4-28-12(23)5-7-14(2,9-19)21-22-15(3,10-20)8-6-13(24)29-11-16(17,18)30(25,26)27/h2*4-9,12-15,18-19H,10-11,16-17,20H2,1-3H3;4-8,11H2,1-3H3,(H,25,26,27)/q2*+1;/p-1. The number of alkyl halides is 2. The van der Waals surface area contributed by atoms with Crippen molar-refractivity contribution in [3.63, 3.8) is 0 Å². The summed E-state index contributed by atoms with van der Waals surface area (Å²) in [5.74, 6) is -0.868. The van der Waals surface area contributed by atoms with E-state index in [9.17, 15) is 51.5 Å². The van der Waals surface area contributed by atoms with Crippen LogP contribution in [-0.2, 0) is 70.0 Å². The Morgan fingerprint density at radius 1 is 0.532 bits per heavy atom. The highest BCUT2D eigenvalue weighted by atomic mass is 32.2. The predicted octanol–water partition coefficient (Wildman–Crippen LogP) is 15.1. The zero-order valence-corrected chi connectivity index (χ0v) is 57.2. The predicted molar refractivity (Wildman–Crippen MR) is 352 cm³/mol. The fourth-order valence-corrected chi connectivity index (χ4v) is 15.3. The first-order valence-electron chi connectivity index (χ1n) is 31.1. The number of rotatable bonds is 26. The number of halogens is 2. The first-order chi connectivity index (χ1) is 44.5. The molecule has 94 heavy (non-hydrogen) atoms. The maximum absolute atomic E-state index is 13.0. The van der Waals surface area contributed by atoms with Gasteiger partial charge in [0.25, 0.3) is 0 Å². The van der Waals surface area contributed by atoms with Gasteiger partial charge in [0.05, 0.1) is 40.5 Å². The molecule has 0 aromatic heterocycles. The number of nitriles is 2. The van der Waals surface area contributed by atoms with Crippen LogP contribution >= 0.6 is 0 Å². The lowest BCUT2D eigenvalue weighted by Gasteiger charge is -2.24. The highest BCUT2D eigenvalue weighted by Gasteiger charge is 2.40. The summed E-state index contributed by atoms with van der Waals surface area (Å²) in [5, 5.41) is 21.3. The van der Waals surface area contributed by atoms with Crippen LogP contribution < -0.4 is 9.47 Å². The Kier molecular flexibility index (Phi) is 27.3. The maximum Gasteiger partial charge on any atom is 0.367 e. The van der Waals surface area contributed by atoms with Gasteiger partial charge in [-0.1, -0.05) is 72.8 Å². The SMILES string of the molecule is CCOC(=O)CCC(C)(C#N)N=NC(C)(C#N)CCC(=O)OCC(F)(F)S(=O)(=O)[O-].Cc1cc([S+](c2ccccc2)c2ccccc2)cc(C)c1OCC(=O)OC1(C)CCCC1.Cc1cc([S+](c2ccccc2)c2ccccc2)cc(C)c1OCC(=O)OC1(C)CCCC1. The van der Waals surface area contributed by atoms with Crippen molar-refractivity contribution in [1.82, 2.24) is 0 Å². The van der Waals surface area contributed by atoms with Gasteiger partial charge in [-0.05, 0) is 197 Å². The van der Waals surface area contributed by atoms with E-state index in [2.05, 4.69) is 161 Å². The van der Waals surface area contributed by atoms with E-state index in [1.54, 1.807) is 13.0 Å². The fraction of sp³-hybridized carbons (Fsp3) is 0.417. The third-order valence-corrected chi connectivity index (χ3v) is 20.9. The first-order valence-corrected chi connectivity index (χ1v) is 34.9. The quantitative estimate of drug-likeness (QED) is 0.0161. The van der Waals surface area contributed by atoms with Crippen LogP contribution in [0, 0.1) is 50.4 Å². The molecule has 6 aromatic rings. The van der Waals surface area contributed by atoms with Crippen molar-refractivity contribution >= 4 is 55.8 Å². The molecular weight excluding hydrogens is 1260 g/mol. The van der Waals surface area contributed by atoms with Crippen molar-refractivity contribution in [2.75, 3.05) is 26.4 Å². The first kappa shape index (κ1) is 74.9. The number of aryl methyl sites for hydroxylation is 4. The highest BCUT2D eigenvalue weighted by molar-refractivity contribution is 7.97. The third-order valence-electron chi connectivity index (χ3n) is 15.6. The number of carbonyl (C=O) groups is 4. The summed E-state index contributed by atoms with van der Waals surface area (Å²) in [4.78, 5) is 55.3. The van der Waals surface area contributed by atoms with E-state index in [4.69, 9.17) is 23.7 Å². The summed E-state index contributed by atoms with van der Waals surface area (Å²) in [5.41, 5.74) is 0.369. The molecule has 2 unspecified atom stereocenters. The van der Waals surface area contributed by atoms with E-state index >= 15 is 0 Å². The lowest BCUT2D eigenvalue weighted by atomic mass is 9.97. The van der Waals surface area contributed by atoms with Crippen molar-refractivity contribution in [2.24, 2.45) is 10.2 Å². The molecule has 0 amide bonds. The average Bonchev–Trinajstić information content (AvgIpc) is 1.02. The van der Waals surface area contributed by atoms with Crippen LogP contribution in [0.15, 0.2) is 185 Å². The molecule has 2 aliphatic rings. The number of benzene rings is 6. The Balaban J connectivity index is 0.000000224. The number of hydrogen-bond donors (Lipinski definition) is 0. The smallest absolute Gasteiger partial charge is 0.367 e. The van der Waals surface area contributed by atoms with Crippen molar-refractivity contribution in [1.29, 1.82) is 10.5 Å². The number of nitrogens with zero attached hydrogens (tertiary/aromatic N) is 4. The maximum atomic E-state index is 13.0. The third kappa shape index (κ3) is 22.2. The molecule has 0 radical (unpaired) electrons. The van der Waals surface area contributed by atoms with E-state index in [-0.39, 0.29) is 84.0 Å². The van der Waals surface area contributed by atoms with Crippen LogP contribution in [0.25, 0.3) is 0 Å². The van der Waals surface area contributed by atoms with Crippen LogP contribution in [0.3, 0.4) is 0 Å². The summed E-state index contributed by atoms with van der Waals surface area (Å²) >= 11 is 0. The minimum atomic E-state index is -6.00. The second-order valence-corrected chi connectivity index (χ2v) is 29.6. The zero-order chi connectivity index (χ0) is 68.7. The zero-order valence-electron chi connectivity index (χ0n) is 54.7. The van der Waals surface area contributed by atoms with Gasteiger partial charge < -0.3 is 33.0 Å².